The zero-order valence-electron chi connectivity index (χ0n) is 13.2. The van der Waals surface area contributed by atoms with Crippen LogP contribution >= 0.6 is 0 Å². The van der Waals surface area contributed by atoms with Crippen LogP contribution in [0.4, 0.5) is 0 Å². The molecule has 0 bridgehead atoms. The highest BCUT2D eigenvalue weighted by atomic mass is 16.5. The van der Waals surface area contributed by atoms with Gasteiger partial charge in [0.2, 0.25) is 0 Å². The molecule has 7 nitrogen and oxygen atoms in total. The van der Waals surface area contributed by atoms with Gasteiger partial charge in [-0.1, -0.05) is 0 Å². The number of hydrogen-bond donors (Lipinski definition) is 4. The summed E-state index contributed by atoms with van der Waals surface area (Å²) in [6, 6.07) is 5.44. The maximum Gasteiger partial charge on any atom is 0.267 e. The molecule has 122 valence electrons. The Balaban J connectivity index is 2.84. The first-order chi connectivity index (χ1) is 10.1. The number of nitrogens with one attached hydrogen (secondary N) is 2. The van der Waals surface area contributed by atoms with Gasteiger partial charge >= 0.3 is 0 Å². The summed E-state index contributed by atoms with van der Waals surface area (Å²) in [7, 11) is 0. The van der Waals surface area contributed by atoms with Crippen molar-refractivity contribution in [2.45, 2.75) is 45.4 Å². The van der Waals surface area contributed by atoms with Gasteiger partial charge in [-0.3, -0.25) is 14.8 Å². The van der Waals surface area contributed by atoms with E-state index in [9.17, 15) is 9.59 Å². The van der Waals surface area contributed by atoms with Gasteiger partial charge in [0.25, 0.3) is 11.8 Å². The van der Waals surface area contributed by atoms with Crippen LogP contribution in [0, 0.1) is 0 Å². The van der Waals surface area contributed by atoms with Crippen molar-refractivity contribution in [1.29, 1.82) is 0 Å². The summed E-state index contributed by atoms with van der Waals surface area (Å²) in [6.45, 7) is 6.96. The summed E-state index contributed by atoms with van der Waals surface area (Å²) < 4.78 is 5.49. The third-order valence-corrected chi connectivity index (χ3v) is 2.88. The first kappa shape index (κ1) is 17.9. The van der Waals surface area contributed by atoms with E-state index in [1.807, 2.05) is 13.8 Å². The van der Waals surface area contributed by atoms with Gasteiger partial charge in [-0.25, -0.2) is 5.48 Å². The lowest BCUT2D eigenvalue weighted by molar-refractivity contribution is -0.132. The second-order valence-electron chi connectivity index (χ2n) is 5.89. The molecule has 0 radical (unpaired) electrons. The number of rotatable bonds is 6. The quantitative estimate of drug-likeness (QED) is 0.459. The Kier molecular flexibility index (Phi) is 5.90. The van der Waals surface area contributed by atoms with Gasteiger partial charge in [-0.05, 0) is 52.0 Å². The molecule has 5 N–H and O–H groups in total. The predicted molar refractivity (Wildman–Crippen MR) is 81.7 cm³/mol. The van der Waals surface area contributed by atoms with Crippen molar-refractivity contribution in [3.8, 4) is 5.75 Å². The average Bonchev–Trinajstić information content (AvgIpc) is 2.42. The molecule has 0 aliphatic carbocycles. The van der Waals surface area contributed by atoms with E-state index in [1.54, 1.807) is 38.1 Å². The summed E-state index contributed by atoms with van der Waals surface area (Å²) >= 11 is 0. The fourth-order valence-corrected chi connectivity index (χ4v) is 1.83. The second-order valence-corrected chi connectivity index (χ2v) is 5.89. The molecule has 0 fully saturated rings. The van der Waals surface area contributed by atoms with Crippen molar-refractivity contribution in [3.05, 3.63) is 29.8 Å². The Hall–Kier alpha value is -2.12. The molecule has 1 unspecified atom stereocenters. The van der Waals surface area contributed by atoms with Crippen LogP contribution in [-0.4, -0.2) is 34.7 Å². The van der Waals surface area contributed by atoms with Crippen molar-refractivity contribution in [3.63, 3.8) is 0 Å². The highest BCUT2D eigenvalue weighted by Gasteiger charge is 2.33. The smallest absolute Gasteiger partial charge is 0.267 e. The number of benzene rings is 1. The SMILES string of the molecule is CC(C)Oc1ccc(C(=O)NC(C(=O)NO)C(C)(C)N)cc1. The van der Waals surface area contributed by atoms with E-state index in [2.05, 4.69) is 5.32 Å². The van der Waals surface area contributed by atoms with E-state index in [4.69, 9.17) is 15.7 Å². The van der Waals surface area contributed by atoms with Crippen molar-refractivity contribution in [2.24, 2.45) is 5.73 Å². The molecule has 0 aliphatic heterocycles. The molecule has 1 atom stereocenters. The van der Waals surface area contributed by atoms with Crippen LogP contribution in [0.25, 0.3) is 0 Å². The minimum atomic E-state index is -1.07. The van der Waals surface area contributed by atoms with Gasteiger partial charge < -0.3 is 15.8 Å². The molecule has 0 spiro atoms. The molecule has 0 heterocycles. The largest absolute Gasteiger partial charge is 0.491 e. The third-order valence-electron chi connectivity index (χ3n) is 2.88. The number of hydrogen-bond acceptors (Lipinski definition) is 5. The maximum atomic E-state index is 12.2. The summed E-state index contributed by atoms with van der Waals surface area (Å²) in [5.41, 5.74) is 6.68. The monoisotopic (exact) mass is 309 g/mol. The highest BCUT2D eigenvalue weighted by molar-refractivity contribution is 5.97. The molecular weight excluding hydrogens is 286 g/mol. The van der Waals surface area contributed by atoms with Gasteiger partial charge in [0.05, 0.1) is 6.10 Å². The Morgan fingerprint density at radius 2 is 1.77 bits per heavy atom. The van der Waals surface area contributed by atoms with E-state index < -0.39 is 23.4 Å². The van der Waals surface area contributed by atoms with Crippen molar-refractivity contribution >= 4 is 11.8 Å². The molecule has 7 heteroatoms. The number of carbonyl (C=O) groups excluding carboxylic acids is 2. The molecule has 0 saturated heterocycles. The highest BCUT2D eigenvalue weighted by Crippen LogP contribution is 2.14. The van der Waals surface area contributed by atoms with E-state index in [-0.39, 0.29) is 6.10 Å². The van der Waals surface area contributed by atoms with Crippen LogP contribution < -0.4 is 21.3 Å². The normalized spacial score (nSPS) is 12.7. The van der Waals surface area contributed by atoms with Gasteiger partial charge in [-0.15, -0.1) is 0 Å². The molecule has 0 aliphatic rings. The van der Waals surface area contributed by atoms with E-state index >= 15 is 0 Å². The van der Waals surface area contributed by atoms with Crippen LogP contribution in [0.15, 0.2) is 24.3 Å². The summed E-state index contributed by atoms with van der Waals surface area (Å²) in [6.07, 6.45) is 0.0374. The van der Waals surface area contributed by atoms with Crippen molar-refractivity contribution in [2.75, 3.05) is 0 Å². The van der Waals surface area contributed by atoms with Crippen LogP contribution in [-0.2, 0) is 4.79 Å². The number of amides is 2. The molecule has 1 aromatic rings. The molecule has 1 rings (SSSR count). The number of carbonyl (C=O) groups is 2. The molecule has 22 heavy (non-hydrogen) atoms. The predicted octanol–water partition coefficient (Wildman–Crippen LogP) is 0.815. The second kappa shape index (κ2) is 7.24. The first-order valence-corrected chi connectivity index (χ1v) is 6.95. The van der Waals surface area contributed by atoms with E-state index in [0.717, 1.165) is 0 Å². The van der Waals surface area contributed by atoms with Crippen LogP contribution in [0.3, 0.4) is 0 Å². The van der Waals surface area contributed by atoms with E-state index in [1.165, 1.54) is 5.48 Å². The molecule has 1 aromatic carbocycles. The lowest BCUT2D eigenvalue weighted by Crippen LogP contribution is -2.61. The zero-order chi connectivity index (χ0) is 16.9. The molecular formula is C15H23N3O4. The minimum Gasteiger partial charge on any atom is -0.491 e. The van der Waals surface area contributed by atoms with Gasteiger partial charge in [0.15, 0.2) is 0 Å². The summed E-state index contributed by atoms with van der Waals surface area (Å²) in [5.74, 6) is -0.598. The fraction of sp³-hybridized carbons (Fsp3) is 0.467. The lowest BCUT2D eigenvalue weighted by Gasteiger charge is -2.29. The van der Waals surface area contributed by atoms with Gasteiger partial charge in [0, 0.05) is 11.1 Å². The van der Waals surface area contributed by atoms with Gasteiger partial charge in [0.1, 0.15) is 11.8 Å². The average molecular weight is 309 g/mol. The Bertz CT molecular complexity index is 521. The van der Waals surface area contributed by atoms with Crippen LogP contribution in [0.1, 0.15) is 38.1 Å². The summed E-state index contributed by atoms with van der Waals surface area (Å²) in [5, 5.41) is 11.3. The topological polar surface area (TPSA) is 114 Å². The first-order valence-electron chi connectivity index (χ1n) is 6.95. The fourth-order valence-electron chi connectivity index (χ4n) is 1.83. The van der Waals surface area contributed by atoms with Gasteiger partial charge in [-0.2, -0.15) is 0 Å². The third kappa shape index (κ3) is 5.01. The Morgan fingerprint density at radius 1 is 1.23 bits per heavy atom. The zero-order valence-corrected chi connectivity index (χ0v) is 13.2. The van der Waals surface area contributed by atoms with Crippen molar-refractivity contribution in [1.82, 2.24) is 10.8 Å². The number of nitrogens with two attached hydrogens (primary N) is 1. The Labute approximate surface area is 129 Å². The molecule has 0 saturated carbocycles. The van der Waals surface area contributed by atoms with E-state index in [0.29, 0.717) is 11.3 Å². The Morgan fingerprint density at radius 3 is 2.18 bits per heavy atom. The minimum absolute atomic E-state index is 0.0374. The maximum absolute atomic E-state index is 12.2. The number of ether oxygens (including phenoxy) is 1. The summed E-state index contributed by atoms with van der Waals surface area (Å²) in [4.78, 5) is 23.8. The van der Waals surface area contributed by atoms with Crippen LogP contribution in [0.5, 0.6) is 5.75 Å². The number of hydroxylamine groups is 1. The van der Waals surface area contributed by atoms with Crippen LogP contribution in [0.2, 0.25) is 0 Å². The molecule has 2 amide bonds. The lowest BCUT2D eigenvalue weighted by atomic mass is 9.95. The van der Waals surface area contributed by atoms with Crippen molar-refractivity contribution < 1.29 is 19.5 Å². The standard InChI is InChI=1S/C15H23N3O4/c1-9(2)22-11-7-5-10(6-8-11)13(19)17-12(14(20)18-21)15(3,4)16/h5-9,12,21H,16H2,1-4H3,(H,17,19)(H,18,20). The molecule has 0 aromatic heterocycles.